The van der Waals surface area contributed by atoms with Crippen LogP contribution in [0.4, 0.5) is 0 Å². The first-order valence-corrected chi connectivity index (χ1v) is 9.10. The maximum absolute atomic E-state index is 5.91. The lowest BCUT2D eigenvalue weighted by Gasteiger charge is -2.29. The van der Waals surface area contributed by atoms with Crippen LogP contribution >= 0.6 is 0 Å². The molecule has 4 nitrogen and oxygen atoms in total. The summed E-state index contributed by atoms with van der Waals surface area (Å²) in [5, 5.41) is 0. The molecule has 0 aliphatic heterocycles. The first kappa shape index (κ1) is 17.2. The Labute approximate surface area is 123 Å². The Balaban J connectivity index is 3.10. The molecule has 0 aromatic heterocycles. The van der Waals surface area contributed by atoms with E-state index in [9.17, 15) is 0 Å². The largest absolute Gasteiger partial charge is 0.505 e. The average molecular weight is 298 g/mol. The fourth-order valence-electron chi connectivity index (χ4n) is 2.25. The van der Waals surface area contributed by atoms with Crippen molar-refractivity contribution < 1.29 is 18.0 Å². The fourth-order valence-corrected chi connectivity index (χ4v) is 5.01. The van der Waals surface area contributed by atoms with E-state index in [0.717, 1.165) is 11.3 Å². The highest BCUT2D eigenvalue weighted by atomic mass is 28.4. The van der Waals surface area contributed by atoms with E-state index in [1.807, 2.05) is 32.9 Å². The van der Waals surface area contributed by atoms with E-state index in [1.165, 1.54) is 5.56 Å². The summed E-state index contributed by atoms with van der Waals surface area (Å²) < 4.78 is 23.2. The van der Waals surface area contributed by atoms with Gasteiger partial charge in [-0.25, -0.2) is 0 Å². The maximum atomic E-state index is 5.91. The van der Waals surface area contributed by atoms with Crippen LogP contribution < -0.4 is 4.74 Å². The van der Waals surface area contributed by atoms with E-state index in [0.29, 0.717) is 25.9 Å². The molecule has 0 saturated heterocycles. The highest BCUT2D eigenvalue weighted by Gasteiger charge is 2.41. The summed E-state index contributed by atoms with van der Waals surface area (Å²) in [7, 11) is -1.01. The van der Waals surface area contributed by atoms with Gasteiger partial charge in [0, 0.05) is 31.4 Å². The normalized spacial score (nSPS) is 11.7. The van der Waals surface area contributed by atoms with Gasteiger partial charge in [-0.15, -0.1) is 0 Å². The van der Waals surface area contributed by atoms with Gasteiger partial charge >= 0.3 is 8.80 Å². The molecule has 1 rings (SSSR count). The molecule has 20 heavy (non-hydrogen) atoms. The summed E-state index contributed by atoms with van der Waals surface area (Å²) in [6.45, 7) is 9.72. The first-order chi connectivity index (χ1) is 9.62. The monoisotopic (exact) mass is 298 g/mol. The summed E-state index contributed by atoms with van der Waals surface area (Å²) >= 11 is 0. The molecule has 0 radical (unpaired) electrons. The predicted octanol–water partition coefficient (Wildman–Crippen LogP) is 3.13. The molecular weight excluding hydrogens is 272 g/mol. The Morgan fingerprint density at radius 3 is 1.95 bits per heavy atom. The summed E-state index contributed by atoms with van der Waals surface area (Å²) in [5.41, 5.74) is 2.28. The molecule has 0 atom stereocenters. The van der Waals surface area contributed by atoms with Crippen molar-refractivity contribution in [2.45, 2.75) is 33.7 Å². The number of ether oxygens (including phenoxy) is 1. The molecule has 0 saturated carbocycles. The molecule has 1 aromatic rings. The minimum absolute atomic E-state index is 0.584. The molecule has 0 bridgehead atoms. The Bertz CT molecular complexity index is 392. The number of hydrogen-bond donors (Lipinski definition) is 0. The summed E-state index contributed by atoms with van der Waals surface area (Å²) in [6, 6.07) is 6.66. The zero-order chi connectivity index (χ0) is 15.0. The van der Waals surface area contributed by atoms with Gasteiger partial charge in [-0.1, -0.05) is 12.1 Å². The van der Waals surface area contributed by atoms with E-state index < -0.39 is 8.80 Å². The van der Waals surface area contributed by atoms with Crippen LogP contribution in [0.2, 0.25) is 0 Å². The van der Waals surface area contributed by atoms with E-state index in [4.69, 9.17) is 18.0 Å². The lowest BCUT2D eigenvalue weighted by Crippen LogP contribution is -2.48. The van der Waals surface area contributed by atoms with Gasteiger partial charge in [-0.2, -0.15) is 0 Å². The van der Waals surface area contributed by atoms with E-state index in [-0.39, 0.29) is 0 Å². The van der Waals surface area contributed by atoms with Crippen molar-refractivity contribution in [2.24, 2.45) is 0 Å². The molecule has 0 fully saturated rings. The third-order valence-corrected chi connectivity index (χ3v) is 6.05. The topological polar surface area (TPSA) is 36.9 Å². The molecule has 114 valence electrons. The number of hydrogen-bond acceptors (Lipinski definition) is 4. The number of methoxy groups -OCH3 is 1. The molecule has 0 aliphatic rings. The van der Waals surface area contributed by atoms with Crippen LogP contribution in [0.3, 0.4) is 0 Å². The molecular formula is C15H26O4Si. The highest BCUT2D eigenvalue weighted by molar-refractivity contribution is 6.60. The third-order valence-electron chi connectivity index (χ3n) is 3.07. The number of benzene rings is 1. The second kappa shape index (κ2) is 8.41. The number of aryl methyl sites for hydroxylation is 1. The molecule has 0 spiro atoms. The van der Waals surface area contributed by atoms with Crippen LogP contribution in [0, 0.1) is 6.92 Å². The van der Waals surface area contributed by atoms with E-state index in [1.54, 1.807) is 7.11 Å². The van der Waals surface area contributed by atoms with E-state index in [2.05, 4.69) is 13.0 Å². The molecule has 1 aromatic carbocycles. The second-order valence-corrected chi connectivity index (χ2v) is 7.00. The van der Waals surface area contributed by atoms with Crippen molar-refractivity contribution in [3.8, 4) is 5.75 Å². The van der Waals surface area contributed by atoms with Crippen molar-refractivity contribution in [3.05, 3.63) is 29.3 Å². The van der Waals surface area contributed by atoms with Crippen LogP contribution in [0.5, 0.6) is 5.75 Å². The molecule has 0 unspecified atom stereocenters. The van der Waals surface area contributed by atoms with Crippen molar-refractivity contribution in [2.75, 3.05) is 26.9 Å². The van der Waals surface area contributed by atoms with Gasteiger partial charge in [0.2, 0.25) is 0 Å². The molecule has 0 heterocycles. The van der Waals surface area contributed by atoms with Gasteiger partial charge in [-0.05, 0) is 39.3 Å². The zero-order valence-electron chi connectivity index (χ0n) is 13.2. The van der Waals surface area contributed by atoms with Crippen LogP contribution in [-0.4, -0.2) is 35.7 Å². The van der Waals surface area contributed by atoms with Crippen LogP contribution in [0.25, 0.3) is 0 Å². The van der Waals surface area contributed by atoms with Gasteiger partial charge in [0.25, 0.3) is 0 Å². The predicted molar refractivity (Wildman–Crippen MR) is 82.1 cm³/mol. The van der Waals surface area contributed by atoms with Crippen molar-refractivity contribution in [3.63, 3.8) is 0 Å². The van der Waals surface area contributed by atoms with E-state index >= 15 is 0 Å². The number of rotatable bonds is 9. The Morgan fingerprint density at radius 1 is 0.950 bits per heavy atom. The summed E-state index contributed by atoms with van der Waals surface area (Å²) in [5.74, 6) is 0.862. The lowest BCUT2D eigenvalue weighted by atomic mass is 10.1. The molecule has 0 aliphatic carbocycles. The molecule has 0 amide bonds. The third kappa shape index (κ3) is 4.31. The highest BCUT2D eigenvalue weighted by Crippen LogP contribution is 2.27. The Kier molecular flexibility index (Phi) is 7.22. The minimum Gasteiger partial charge on any atom is -0.496 e. The van der Waals surface area contributed by atoms with Crippen molar-refractivity contribution >= 4 is 8.80 Å². The smallest absolute Gasteiger partial charge is 0.496 e. The summed E-state index contributed by atoms with van der Waals surface area (Å²) in [6.07, 6.45) is 0. The van der Waals surface area contributed by atoms with Crippen LogP contribution in [-0.2, 0) is 19.3 Å². The van der Waals surface area contributed by atoms with Crippen LogP contribution in [0.1, 0.15) is 31.9 Å². The standard InChI is InChI=1S/C15H26O4Si/c1-6-17-20(18-7-2,19-8-3)12-14-13(4)10-9-11-15(14)16-5/h9-11H,6-8,12H2,1-5H3. The van der Waals surface area contributed by atoms with Gasteiger partial charge in [0.1, 0.15) is 5.75 Å². The SMILES string of the molecule is CCO[Si](Cc1c(C)cccc1OC)(OCC)OCC. The Hall–Kier alpha value is -0.883. The van der Waals surface area contributed by atoms with Crippen LogP contribution in [0.15, 0.2) is 18.2 Å². The quantitative estimate of drug-likeness (QED) is 0.656. The zero-order valence-corrected chi connectivity index (χ0v) is 14.2. The maximum Gasteiger partial charge on any atom is 0.505 e. The van der Waals surface area contributed by atoms with Crippen molar-refractivity contribution in [1.82, 2.24) is 0 Å². The van der Waals surface area contributed by atoms with Gasteiger partial charge in [0.15, 0.2) is 0 Å². The fraction of sp³-hybridized carbons (Fsp3) is 0.600. The van der Waals surface area contributed by atoms with Gasteiger partial charge < -0.3 is 18.0 Å². The summed E-state index contributed by atoms with van der Waals surface area (Å²) in [4.78, 5) is 0. The second-order valence-electron chi connectivity index (χ2n) is 4.41. The minimum atomic E-state index is -2.70. The molecule has 5 heteroatoms. The molecule has 0 N–H and O–H groups in total. The van der Waals surface area contributed by atoms with Gasteiger partial charge in [0.05, 0.1) is 7.11 Å². The Morgan fingerprint density at radius 2 is 1.50 bits per heavy atom. The van der Waals surface area contributed by atoms with Gasteiger partial charge in [-0.3, -0.25) is 0 Å². The van der Waals surface area contributed by atoms with Crippen molar-refractivity contribution in [1.29, 1.82) is 0 Å². The lowest BCUT2D eigenvalue weighted by molar-refractivity contribution is 0.0701. The average Bonchev–Trinajstić information content (AvgIpc) is 2.42. The first-order valence-electron chi connectivity index (χ1n) is 7.16.